The van der Waals surface area contributed by atoms with Gasteiger partial charge < -0.3 is 5.32 Å². The van der Waals surface area contributed by atoms with Gasteiger partial charge in [0.05, 0.1) is 11.8 Å². The summed E-state index contributed by atoms with van der Waals surface area (Å²) in [6, 6.07) is 3.83. The Hall–Kier alpha value is -1.69. The third-order valence-corrected chi connectivity index (χ3v) is 6.95. The van der Waals surface area contributed by atoms with Crippen molar-refractivity contribution in [3.8, 4) is 0 Å². The van der Waals surface area contributed by atoms with E-state index in [0.717, 1.165) is 34.9 Å². The van der Waals surface area contributed by atoms with Gasteiger partial charge in [-0.3, -0.25) is 19.3 Å². The lowest BCUT2D eigenvalue weighted by atomic mass is 9.81. The molecule has 25 heavy (non-hydrogen) atoms. The molecule has 3 fully saturated rings. The van der Waals surface area contributed by atoms with Gasteiger partial charge in [-0.25, -0.2) is 0 Å². The van der Waals surface area contributed by atoms with Crippen LogP contribution in [0.1, 0.15) is 30.4 Å². The summed E-state index contributed by atoms with van der Waals surface area (Å²) >= 11 is 3.47. The Kier molecular flexibility index (Phi) is 3.98. The summed E-state index contributed by atoms with van der Waals surface area (Å²) in [5, 5.41) is 2.84. The average molecular weight is 405 g/mol. The molecule has 1 aromatic rings. The Labute approximate surface area is 155 Å². The van der Waals surface area contributed by atoms with Crippen molar-refractivity contribution in [3.63, 3.8) is 0 Å². The van der Waals surface area contributed by atoms with Crippen LogP contribution in [0.5, 0.6) is 0 Å². The fourth-order valence-electron chi connectivity index (χ4n) is 4.88. The van der Waals surface area contributed by atoms with Crippen molar-refractivity contribution < 1.29 is 14.4 Å². The van der Waals surface area contributed by atoms with Crippen LogP contribution in [0.3, 0.4) is 0 Å². The monoisotopic (exact) mass is 404 g/mol. The van der Waals surface area contributed by atoms with Gasteiger partial charge in [-0.1, -0.05) is 15.9 Å². The molecule has 4 atom stereocenters. The maximum atomic E-state index is 12.7. The van der Waals surface area contributed by atoms with Crippen molar-refractivity contribution in [2.24, 2.45) is 23.7 Å². The summed E-state index contributed by atoms with van der Waals surface area (Å²) in [4.78, 5) is 38.9. The number of hydrogen-bond donors (Lipinski definition) is 1. The van der Waals surface area contributed by atoms with E-state index in [1.807, 2.05) is 26.0 Å². The van der Waals surface area contributed by atoms with E-state index in [2.05, 4.69) is 21.2 Å². The van der Waals surface area contributed by atoms with Gasteiger partial charge >= 0.3 is 0 Å². The normalized spacial score (nSPS) is 30.1. The van der Waals surface area contributed by atoms with Gasteiger partial charge in [0.15, 0.2) is 0 Å². The molecule has 2 bridgehead atoms. The number of nitrogens with zero attached hydrogens (tertiary/aromatic N) is 1. The van der Waals surface area contributed by atoms with Crippen LogP contribution in [0.25, 0.3) is 0 Å². The summed E-state index contributed by atoms with van der Waals surface area (Å²) in [7, 11) is 0. The lowest BCUT2D eigenvalue weighted by Crippen LogP contribution is -2.39. The highest BCUT2D eigenvalue weighted by molar-refractivity contribution is 9.10. The molecule has 3 amide bonds. The van der Waals surface area contributed by atoms with E-state index in [1.165, 1.54) is 4.90 Å². The number of carbonyl (C=O) groups is 3. The molecule has 4 rings (SSSR count). The molecule has 3 aliphatic rings. The number of amides is 3. The van der Waals surface area contributed by atoms with Crippen molar-refractivity contribution in [3.05, 3.63) is 27.7 Å². The molecule has 0 aromatic heterocycles. The number of hydrogen-bond acceptors (Lipinski definition) is 3. The zero-order valence-electron chi connectivity index (χ0n) is 14.3. The quantitative estimate of drug-likeness (QED) is 0.787. The summed E-state index contributed by atoms with van der Waals surface area (Å²) < 4.78 is 0.983. The van der Waals surface area contributed by atoms with Crippen LogP contribution >= 0.6 is 15.9 Å². The third-order valence-electron chi connectivity index (χ3n) is 6.10. The second-order valence-corrected chi connectivity index (χ2v) is 8.47. The minimum absolute atomic E-state index is 0.138. The van der Waals surface area contributed by atoms with E-state index >= 15 is 0 Å². The first-order chi connectivity index (χ1) is 11.9. The zero-order chi connectivity index (χ0) is 17.9. The van der Waals surface area contributed by atoms with Gasteiger partial charge in [0.1, 0.15) is 6.54 Å². The molecule has 1 aliphatic heterocycles. The smallest absolute Gasteiger partial charge is 0.244 e. The number of anilines is 1. The largest absolute Gasteiger partial charge is 0.324 e. The van der Waals surface area contributed by atoms with E-state index in [9.17, 15) is 14.4 Å². The van der Waals surface area contributed by atoms with Gasteiger partial charge in [0, 0.05) is 10.2 Å². The van der Waals surface area contributed by atoms with Gasteiger partial charge in [0.2, 0.25) is 17.7 Å². The fraction of sp³-hybridized carbons (Fsp3) is 0.526. The van der Waals surface area contributed by atoms with Crippen LogP contribution in [-0.2, 0) is 14.4 Å². The molecule has 132 valence electrons. The van der Waals surface area contributed by atoms with Crippen LogP contribution in [0, 0.1) is 37.5 Å². The summed E-state index contributed by atoms with van der Waals surface area (Å²) in [5.41, 5.74) is 2.66. The highest BCUT2D eigenvalue weighted by Gasteiger charge is 2.60. The van der Waals surface area contributed by atoms with Crippen molar-refractivity contribution >= 4 is 39.3 Å². The van der Waals surface area contributed by atoms with Crippen molar-refractivity contribution in [1.82, 2.24) is 4.90 Å². The summed E-state index contributed by atoms with van der Waals surface area (Å²) in [6.45, 7) is 3.68. The van der Waals surface area contributed by atoms with Crippen LogP contribution < -0.4 is 5.32 Å². The van der Waals surface area contributed by atoms with Gasteiger partial charge in [0.25, 0.3) is 0 Å². The molecule has 6 heteroatoms. The first-order valence-electron chi connectivity index (χ1n) is 8.78. The van der Waals surface area contributed by atoms with Crippen LogP contribution in [-0.4, -0.2) is 29.2 Å². The lowest BCUT2D eigenvalue weighted by molar-refractivity contribution is -0.143. The van der Waals surface area contributed by atoms with Crippen molar-refractivity contribution in [2.75, 3.05) is 11.9 Å². The maximum Gasteiger partial charge on any atom is 0.244 e. The van der Waals surface area contributed by atoms with E-state index in [0.29, 0.717) is 17.5 Å². The Morgan fingerprint density at radius 3 is 2.32 bits per heavy atom. The third kappa shape index (κ3) is 2.62. The molecule has 1 aromatic carbocycles. The number of rotatable bonds is 3. The van der Waals surface area contributed by atoms with Crippen molar-refractivity contribution in [1.29, 1.82) is 0 Å². The van der Waals surface area contributed by atoms with Crippen LogP contribution in [0.4, 0.5) is 5.69 Å². The molecule has 2 aliphatic carbocycles. The minimum atomic E-state index is -0.321. The molecule has 1 N–H and O–H groups in total. The molecule has 1 saturated heterocycles. The standard InChI is InChI=1S/C19H21BrN2O3/c1-9-6-14(10(2)5-13(9)20)21-15(23)8-22-18(24)16-11-3-4-12(7-11)17(16)19(22)25/h5-6,11-12,16-17H,3-4,7-8H2,1-2H3,(H,21,23)/t11-,12-,16-,17+/m0/s1. The Balaban J connectivity index is 1.48. The number of halogens is 1. The fourth-order valence-corrected chi connectivity index (χ4v) is 5.33. The first kappa shape index (κ1) is 16.8. The zero-order valence-corrected chi connectivity index (χ0v) is 15.9. The molecule has 1 heterocycles. The number of imide groups is 1. The van der Waals surface area contributed by atoms with E-state index in [4.69, 9.17) is 0 Å². The Bertz CT molecular complexity index is 763. The van der Waals surface area contributed by atoms with Gasteiger partial charge in [-0.15, -0.1) is 0 Å². The van der Waals surface area contributed by atoms with Gasteiger partial charge in [-0.05, 0) is 68.2 Å². The molecular weight excluding hydrogens is 384 g/mol. The topological polar surface area (TPSA) is 66.5 Å². The van der Waals surface area contributed by atoms with Crippen molar-refractivity contribution in [2.45, 2.75) is 33.1 Å². The van der Waals surface area contributed by atoms with E-state index in [-0.39, 0.29) is 36.1 Å². The molecule has 5 nitrogen and oxygen atoms in total. The minimum Gasteiger partial charge on any atom is -0.324 e. The average Bonchev–Trinajstić information content (AvgIpc) is 3.22. The molecular formula is C19H21BrN2O3. The molecule has 0 unspecified atom stereocenters. The molecule has 2 saturated carbocycles. The number of likely N-dealkylation sites (tertiary alicyclic amines) is 1. The number of aryl methyl sites for hydroxylation is 2. The summed E-state index contributed by atoms with van der Waals surface area (Å²) in [5.74, 6) is -0.251. The highest BCUT2D eigenvalue weighted by atomic mass is 79.9. The lowest BCUT2D eigenvalue weighted by Gasteiger charge is -2.19. The Morgan fingerprint density at radius 1 is 1.12 bits per heavy atom. The Morgan fingerprint density at radius 2 is 1.72 bits per heavy atom. The van der Waals surface area contributed by atoms with Gasteiger partial charge in [-0.2, -0.15) is 0 Å². The predicted molar refractivity (Wildman–Crippen MR) is 96.8 cm³/mol. The molecule has 0 spiro atoms. The van der Waals surface area contributed by atoms with Crippen LogP contribution in [0.2, 0.25) is 0 Å². The highest BCUT2D eigenvalue weighted by Crippen LogP contribution is 2.56. The van der Waals surface area contributed by atoms with Crippen LogP contribution in [0.15, 0.2) is 16.6 Å². The number of fused-ring (bicyclic) bond motifs is 5. The second kappa shape index (κ2) is 5.94. The predicted octanol–water partition coefficient (Wildman–Crippen LogP) is 3.04. The van der Waals surface area contributed by atoms with E-state index in [1.54, 1.807) is 0 Å². The number of benzene rings is 1. The van der Waals surface area contributed by atoms with E-state index < -0.39 is 0 Å². The first-order valence-corrected chi connectivity index (χ1v) is 9.58. The maximum absolute atomic E-state index is 12.7. The second-order valence-electron chi connectivity index (χ2n) is 7.61. The number of carbonyl (C=O) groups excluding carboxylic acids is 3. The summed E-state index contributed by atoms with van der Waals surface area (Å²) in [6.07, 6.45) is 3.09. The SMILES string of the molecule is Cc1cc(NC(=O)CN2C(=O)[C@@H]3[C@H]4CC[C@@H](C4)[C@@H]3C2=O)c(C)cc1Br. The number of nitrogens with one attached hydrogen (secondary N) is 1. The molecule has 0 radical (unpaired) electrons.